The van der Waals surface area contributed by atoms with E-state index in [0.29, 0.717) is 5.04 Å². The zero-order valence-electron chi connectivity index (χ0n) is 18.9. The molecule has 0 heterocycles. The Morgan fingerprint density at radius 1 is 0.926 bits per heavy atom. The molecular formula is C22H43NO2Si2. The summed E-state index contributed by atoms with van der Waals surface area (Å²) in [4.78, 5) is 0. The van der Waals surface area contributed by atoms with Crippen molar-refractivity contribution in [2.45, 2.75) is 84.6 Å². The summed E-state index contributed by atoms with van der Waals surface area (Å²) in [5.74, 6) is 0. The minimum atomic E-state index is -1.53. The first kappa shape index (κ1) is 24.6. The summed E-state index contributed by atoms with van der Waals surface area (Å²) in [6.07, 6.45) is 3.76. The van der Waals surface area contributed by atoms with E-state index in [0.717, 1.165) is 25.8 Å². The smallest absolute Gasteiger partial charge is 0.321 e. The number of hydrogen-bond acceptors (Lipinski definition) is 3. The van der Waals surface area contributed by atoms with Crippen LogP contribution in [0.2, 0.25) is 24.2 Å². The van der Waals surface area contributed by atoms with Crippen LogP contribution in [0.3, 0.4) is 0 Å². The van der Waals surface area contributed by atoms with Crippen LogP contribution < -0.4 is 0 Å². The van der Waals surface area contributed by atoms with Gasteiger partial charge in [-0.25, -0.2) is 0 Å². The third-order valence-corrected chi connectivity index (χ3v) is 13.8. The molecule has 0 N–H and O–H groups in total. The zero-order chi connectivity index (χ0) is 20.3. The van der Waals surface area contributed by atoms with Gasteiger partial charge in [-0.05, 0) is 43.5 Å². The molecule has 0 unspecified atom stereocenters. The molecule has 0 aliphatic heterocycles. The van der Waals surface area contributed by atoms with Gasteiger partial charge in [-0.15, -0.1) is 0 Å². The lowest BCUT2D eigenvalue weighted by molar-refractivity contribution is 0.212. The number of unbranched alkanes of at least 4 members (excludes halogenated alkanes) is 2. The van der Waals surface area contributed by atoms with Crippen molar-refractivity contribution >= 4 is 17.5 Å². The van der Waals surface area contributed by atoms with Crippen LogP contribution in [0.25, 0.3) is 0 Å². The van der Waals surface area contributed by atoms with Crippen molar-refractivity contribution in [1.82, 2.24) is 4.57 Å². The van der Waals surface area contributed by atoms with Gasteiger partial charge in [0.05, 0.1) is 0 Å². The normalized spacial score (nSPS) is 12.9. The van der Waals surface area contributed by atoms with Crippen LogP contribution in [-0.2, 0) is 15.4 Å². The number of hydrogen-bond donors (Lipinski definition) is 0. The highest BCUT2D eigenvalue weighted by Gasteiger charge is 2.40. The maximum Gasteiger partial charge on any atom is 0.321 e. The fourth-order valence-electron chi connectivity index (χ4n) is 3.21. The summed E-state index contributed by atoms with van der Waals surface area (Å²) in [5, 5.41) is 0.365. The van der Waals surface area contributed by atoms with E-state index in [2.05, 4.69) is 82.6 Å². The number of nitrogens with zero attached hydrogens (tertiary/aromatic N) is 1. The molecule has 0 spiro atoms. The summed E-state index contributed by atoms with van der Waals surface area (Å²) in [5.41, 5.74) is 1.43. The third kappa shape index (κ3) is 8.61. The second-order valence-electron chi connectivity index (χ2n) is 8.91. The maximum atomic E-state index is 5.80. The van der Waals surface area contributed by atoms with Crippen LogP contribution in [-0.4, -0.2) is 41.8 Å². The fourth-order valence-corrected chi connectivity index (χ4v) is 7.25. The second-order valence-corrected chi connectivity index (χ2v) is 16.3. The second kappa shape index (κ2) is 12.2. The lowest BCUT2D eigenvalue weighted by atomic mass is 10.2. The predicted octanol–water partition coefficient (Wildman–Crippen LogP) is 5.96. The first-order valence-electron chi connectivity index (χ1n) is 10.7. The van der Waals surface area contributed by atoms with Gasteiger partial charge in [-0.2, -0.15) is 0 Å². The first-order chi connectivity index (χ1) is 12.7. The molecule has 156 valence electrons. The van der Waals surface area contributed by atoms with Crippen LogP contribution in [0.15, 0.2) is 30.3 Å². The summed E-state index contributed by atoms with van der Waals surface area (Å²) in [7, 11) is -2.96. The Kier molecular flexibility index (Phi) is 11.1. The molecule has 1 rings (SSSR count). The van der Waals surface area contributed by atoms with Gasteiger partial charge in [0.1, 0.15) is 8.24 Å². The average molecular weight is 410 g/mol. The highest BCUT2D eigenvalue weighted by Crippen LogP contribution is 2.39. The Bertz CT molecular complexity index is 497. The SMILES string of the molecule is CCO[SiH](CCCCCN(Cc1ccccc1)[Si](C)(C)C(C)(C)C)OCC. The van der Waals surface area contributed by atoms with E-state index in [1.165, 1.54) is 31.4 Å². The van der Waals surface area contributed by atoms with Crippen molar-refractivity contribution in [3.05, 3.63) is 35.9 Å². The van der Waals surface area contributed by atoms with Gasteiger partial charge < -0.3 is 13.4 Å². The lowest BCUT2D eigenvalue weighted by Gasteiger charge is -2.46. The van der Waals surface area contributed by atoms with Crippen LogP contribution in [0.5, 0.6) is 0 Å². The topological polar surface area (TPSA) is 21.7 Å². The molecule has 0 radical (unpaired) electrons. The van der Waals surface area contributed by atoms with E-state index in [9.17, 15) is 0 Å². The van der Waals surface area contributed by atoms with Gasteiger partial charge in [-0.3, -0.25) is 0 Å². The van der Waals surface area contributed by atoms with E-state index >= 15 is 0 Å². The van der Waals surface area contributed by atoms with Gasteiger partial charge >= 0.3 is 9.28 Å². The molecule has 0 saturated heterocycles. The Hall–Kier alpha value is -0.466. The van der Waals surface area contributed by atoms with Crippen molar-refractivity contribution in [2.75, 3.05) is 19.8 Å². The van der Waals surface area contributed by atoms with Gasteiger partial charge in [-0.1, -0.05) is 77.0 Å². The standard InChI is InChI=1S/C22H43NO2Si2/c1-8-24-26(25-9-2)19-15-11-14-18-23(27(6,7)22(3,4)5)20-21-16-12-10-13-17-21/h10,12-13,16-17,26H,8-9,11,14-15,18-20H2,1-7H3. The molecule has 0 saturated carbocycles. The molecule has 0 atom stereocenters. The minimum Gasteiger partial charge on any atom is -0.397 e. The highest BCUT2D eigenvalue weighted by atomic mass is 28.3. The molecule has 5 heteroatoms. The van der Waals surface area contributed by atoms with Crippen LogP contribution in [0, 0.1) is 0 Å². The molecule has 0 aliphatic carbocycles. The van der Waals surface area contributed by atoms with Crippen molar-refractivity contribution in [3.63, 3.8) is 0 Å². The molecule has 1 aromatic carbocycles. The van der Waals surface area contributed by atoms with Crippen LogP contribution in [0.4, 0.5) is 0 Å². The van der Waals surface area contributed by atoms with E-state index < -0.39 is 17.5 Å². The highest BCUT2D eigenvalue weighted by molar-refractivity contribution is 6.77. The van der Waals surface area contributed by atoms with Gasteiger partial charge in [0.2, 0.25) is 0 Å². The molecule has 1 aromatic rings. The molecule has 0 amide bonds. The molecule has 27 heavy (non-hydrogen) atoms. The summed E-state index contributed by atoms with van der Waals surface area (Å²) in [6.45, 7) is 20.3. The van der Waals surface area contributed by atoms with Crippen LogP contribution >= 0.6 is 0 Å². The number of rotatable bonds is 13. The van der Waals surface area contributed by atoms with Crippen molar-refractivity contribution in [2.24, 2.45) is 0 Å². The molecule has 0 bridgehead atoms. The summed E-state index contributed by atoms with van der Waals surface area (Å²) in [6, 6.07) is 12.1. The van der Waals surface area contributed by atoms with Gasteiger partial charge in [0.15, 0.2) is 0 Å². The molecule has 3 nitrogen and oxygen atoms in total. The molecule has 0 aliphatic rings. The van der Waals surface area contributed by atoms with Crippen molar-refractivity contribution in [3.8, 4) is 0 Å². The quantitative estimate of drug-likeness (QED) is 0.296. The molecule has 0 aromatic heterocycles. The van der Waals surface area contributed by atoms with E-state index in [4.69, 9.17) is 8.85 Å². The lowest BCUT2D eigenvalue weighted by Crippen LogP contribution is -2.54. The van der Waals surface area contributed by atoms with Crippen LogP contribution in [0.1, 0.15) is 59.4 Å². The maximum absolute atomic E-state index is 5.80. The summed E-state index contributed by atoms with van der Waals surface area (Å²) < 4.78 is 14.4. The molecule has 0 fully saturated rings. The van der Waals surface area contributed by atoms with E-state index in [-0.39, 0.29) is 0 Å². The third-order valence-electron chi connectivity index (χ3n) is 5.92. The van der Waals surface area contributed by atoms with Gasteiger partial charge in [0.25, 0.3) is 0 Å². The Balaban J connectivity index is 2.59. The Morgan fingerprint density at radius 2 is 1.52 bits per heavy atom. The largest absolute Gasteiger partial charge is 0.397 e. The minimum absolute atomic E-state index is 0.365. The van der Waals surface area contributed by atoms with Crippen molar-refractivity contribution < 1.29 is 8.85 Å². The Morgan fingerprint density at radius 3 is 2.04 bits per heavy atom. The first-order valence-corrected chi connectivity index (χ1v) is 15.4. The monoisotopic (exact) mass is 409 g/mol. The van der Waals surface area contributed by atoms with Crippen molar-refractivity contribution in [1.29, 1.82) is 0 Å². The van der Waals surface area contributed by atoms with E-state index in [1.807, 2.05) is 0 Å². The Labute approximate surface area is 171 Å². The fraction of sp³-hybridized carbons (Fsp3) is 0.727. The summed E-state index contributed by atoms with van der Waals surface area (Å²) >= 11 is 0. The van der Waals surface area contributed by atoms with E-state index in [1.54, 1.807) is 0 Å². The molecular weight excluding hydrogens is 366 g/mol. The average Bonchev–Trinajstić information content (AvgIpc) is 2.60. The predicted molar refractivity (Wildman–Crippen MR) is 123 cm³/mol. The zero-order valence-corrected chi connectivity index (χ0v) is 21.0. The number of benzene rings is 1. The van der Waals surface area contributed by atoms with Gasteiger partial charge in [0, 0.05) is 19.8 Å².